The van der Waals surface area contributed by atoms with Crippen LogP contribution < -0.4 is 10.1 Å². The number of nitrogens with one attached hydrogen (secondary N) is 1. The molecule has 1 aliphatic heterocycles. The van der Waals surface area contributed by atoms with Gasteiger partial charge in [-0.3, -0.25) is 0 Å². The van der Waals surface area contributed by atoms with Crippen molar-refractivity contribution in [2.24, 2.45) is 0 Å². The minimum Gasteiger partial charge on any atom is -0.497 e. The lowest BCUT2D eigenvalue weighted by molar-refractivity contribution is -0.0718. The summed E-state index contributed by atoms with van der Waals surface area (Å²) < 4.78 is 25.5. The molecule has 0 aliphatic carbocycles. The van der Waals surface area contributed by atoms with E-state index in [4.69, 9.17) is 9.47 Å². The summed E-state index contributed by atoms with van der Waals surface area (Å²) in [5, 5.41) is 14.1. The number of hydrogen-bond acceptors (Lipinski definition) is 4. The molecule has 31 heavy (non-hydrogen) atoms. The number of aliphatic hydroxyl groups excluding tert-OH is 1. The number of aliphatic hydroxyl groups is 1. The van der Waals surface area contributed by atoms with Crippen molar-refractivity contribution in [2.75, 3.05) is 13.7 Å². The zero-order valence-electron chi connectivity index (χ0n) is 17.6. The van der Waals surface area contributed by atoms with Crippen LogP contribution in [0, 0.1) is 5.82 Å². The maximum absolute atomic E-state index is 14.2. The normalized spacial score (nSPS) is 21.2. The molecule has 5 heteroatoms. The van der Waals surface area contributed by atoms with Crippen molar-refractivity contribution in [3.8, 4) is 5.75 Å². The predicted octanol–water partition coefficient (Wildman–Crippen LogP) is 4.27. The summed E-state index contributed by atoms with van der Waals surface area (Å²) in [6.07, 6.45) is -0.234. The van der Waals surface area contributed by atoms with Crippen LogP contribution in [0.3, 0.4) is 0 Å². The molecule has 3 unspecified atom stereocenters. The third-order valence-corrected chi connectivity index (χ3v) is 5.93. The summed E-state index contributed by atoms with van der Waals surface area (Å²) >= 11 is 0. The minimum absolute atomic E-state index is 0.0389. The van der Waals surface area contributed by atoms with Crippen LogP contribution in [0.4, 0.5) is 4.39 Å². The van der Waals surface area contributed by atoms with Gasteiger partial charge in [0.05, 0.1) is 32.0 Å². The van der Waals surface area contributed by atoms with Crippen molar-refractivity contribution in [3.63, 3.8) is 0 Å². The molecule has 3 atom stereocenters. The highest BCUT2D eigenvalue weighted by molar-refractivity contribution is 5.34. The minimum atomic E-state index is -0.588. The number of ether oxygens (including phenoxy) is 2. The Morgan fingerprint density at radius 2 is 1.68 bits per heavy atom. The SMILES string of the molecule is COc1ccc(CNC2COC(C(c3ccccc3)c3ccccc3)CC2O)c(F)c1. The maximum Gasteiger partial charge on any atom is 0.131 e. The van der Waals surface area contributed by atoms with Crippen LogP contribution in [-0.2, 0) is 11.3 Å². The van der Waals surface area contributed by atoms with Gasteiger partial charge in [0.2, 0.25) is 0 Å². The summed E-state index contributed by atoms with van der Waals surface area (Å²) in [6, 6.07) is 25.0. The van der Waals surface area contributed by atoms with Crippen LogP contribution in [-0.4, -0.2) is 37.1 Å². The second kappa shape index (κ2) is 10.1. The fourth-order valence-electron chi connectivity index (χ4n) is 4.22. The van der Waals surface area contributed by atoms with Crippen molar-refractivity contribution >= 4 is 0 Å². The van der Waals surface area contributed by atoms with E-state index in [2.05, 4.69) is 29.6 Å². The van der Waals surface area contributed by atoms with E-state index in [9.17, 15) is 9.50 Å². The monoisotopic (exact) mass is 421 g/mol. The number of hydrogen-bond donors (Lipinski definition) is 2. The summed E-state index contributed by atoms with van der Waals surface area (Å²) in [4.78, 5) is 0. The van der Waals surface area contributed by atoms with E-state index in [-0.39, 0.29) is 23.9 Å². The molecule has 4 rings (SSSR count). The zero-order chi connectivity index (χ0) is 21.6. The quantitative estimate of drug-likeness (QED) is 0.598. The molecule has 3 aromatic rings. The van der Waals surface area contributed by atoms with Crippen molar-refractivity contribution in [1.29, 1.82) is 0 Å². The lowest BCUT2D eigenvalue weighted by atomic mass is 9.82. The van der Waals surface area contributed by atoms with Crippen LogP contribution in [0.15, 0.2) is 78.9 Å². The van der Waals surface area contributed by atoms with Crippen molar-refractivity contribution in [3.05, 3.63) is 101 Å². The standard InChI is InChI=1S/C26H28FNO3/c1-30-21-13-12-20(22(27)14-21)16-28-23-17-31-25(15-24(23)29)26(18-8-4-2-5-9-18)19-10-6-3-7-11-19/h2-14,23-26,28-29H,15-17H2,1H3. The molecule has 1 saturated heterocycles. The Labute approximate surface area is 182 Å². The average Bonchev–Trinajstić information content (AvgIpc) is 2.81. The largest absolute Gasteiger partial charge is 0.497 e. The van der Waals surface area contributed by atoms with Gasteiger partial charge in [-0.15, -0.1) is 0 Å². The van der Waals surface area contributed by atoms with E-state index in [1.165, 1.54) is 13.2 Å². The van der Waals surface area contributed by atoms with Crippen LogP contribution in [0.5, 0.6) is 5.75 Å². The van der Waals surface area contributed by atoms with Gasteiger partial charge in [0.15, 0.2) is 0 Å². The van der Waals surface area contributed by atoms with Crippen molar-refractivity contribution in [2.45, 2.75) is 37.1 Å². The van der Waals surface area contributed by atoms with Gasteiger partial charge in [-0.1, -0.05) is 66.7 Å². The number of methoxy groups -OCH3 is 1. The fourth-order valence-corrected chi connectivity index (χ4v) is 4.22. The Morgan fingerprint density at radius 3 is 2.23 bits per heavy atom. The van der Waals surface area contributed by atoms with E-state index >= 15 is 0 Å². The summed E-state index contributed by atoms with van der Waals surface area (Å²) in [5.41, 5.74) is 2.86. The molecule has 0 amide bonds. The molecular formula is C26H28FNO3. The molecule has 162 valence electrons. The molecule has 1 heterocycles. The van der Waals surface area contributed by atoms with Gasteiger partial charge in [0.1, 0.15) is 11.6 Å². The molecule has 0 aromatic heterocycles. The topological polar surface area (TPSA) is 50.7 Å². The van der Waals surface area contributed by atoms with E-state index in [0.29, 0.717) is 30.9 Å². The highest BCUT2D eigenvalue weighted by Gasteiger charge is 2.35. The van der Waals surface area contributed by atoms with Gasteiger partial charge in [-0.05, 0) is 17.2 Å². The first-order chi connectivity index (χ1) is 15.2. The summed E-state index contributed by atoms with van der Waals surface area (Å²) in [7, 11) is 1.51. The third-order valence-electron chi connectivity index (χ3n) is 5.93. The van der Waals surface area contributed by atoms with Crippen LogP contribution >= 0.6 is 0 Å². The highest BCUT2D eigenvalue weighted by Crippen LogP contribution is 2.34. The second-order valence-electron chi connectivity index (χ2n) is 7.92. The molecule has 2 N–H and O–H groups in total. The molecule has 0 spiro atoms. The Hall–Kier alpha value is -2.73. The molecule has 0 bridgehead atoms. The van der Waals surface area contributed by atoms with Gasteiger partial charge >= 0.3 is 0 Å². The van der Waals surface area contributed by atoms with E-state index in [1.54, 1.807) is 12.1 Å². The van der Waals surface area contributed by atoms with Gasteiger partial charge < -0.3 is 19.9 Å². The molecule has 4 nitrogen and oxygen atoms in total. The molecule has 1 aliphatic rings. The third kappa shape index (κ3) is 5.13. The predicted molar refractivity (Wildman–Crippen MR) is 119 cm³/mol. The number of benzene rings is 3. The molecular weight excluding hydrogens is 393 g/mol. The average molecular weight is 422 g/mol. The number of rotatable bonds is 7. The zero-order valence-corrected chi connectivity index (χ0v) is 17.6. The summed E-state index contributed by atoms with van der Waals surface area (Å²) in [6.45, 7) is 0.673. The maximum atomic E-state index is 14.2. The first-order valence-electron chi connectivity index (χ1n) is 10.6. The Kier molecular flexibility index (Phi) is 6.97. The van der Waals surface area contributed by atoms with Crippen molar-refractivity contribution in [1.82, 2.24) is 5.32 Å². The highest BCUT2D eigenvalue weighted by atomic mass is 19.1. The van der Waals surface area contributed by atoms with Gasteiger partial charge in [-0.2, -0.15) is 0 Å². The Balaban J connectivity index is 1.44. The Morgan fingerprint density at radius 1 is 1.03 bits per heavy atom. The smallest absolute Gasteiger partial charge is 0.131 e. The molecule has 0 radical (unpaired) electrons. The van der Waals surface area contributed by atoms with E-state index < -0.39 is 6.10 Å². The first-order valence-corrected chi connectivity index (χ1v) is 10.6. The van der Waals surface area contributed by atoms with Gasteiger partial charge in [0.25, 0.3) is 0 Å². The second-order valence-corrected chi connectivity index (χ2v) is 7.92. The number of halogens is 1. The van der Waals surface area contributed by atoms with Crippen LogP contribution in [0.1, 0.15) is 29.0 Å². The van der Waals surface area contributed by atoms with E-state index in [1.807, 2.05) is 36.4 Å². The molecule has 0 saturated carbocycles. The van der Waals surface area contributed by atoms with Crippen LogP contribution in [0.25, 0.3) is 0 Å². The summed E-state index contributed by atoms with van der Waals surface area (Å²) in [5.74, 6) is 0.194. The first kappa shape index (κ1) is 21.5. The lowest BCUT2D eigenvalue weighted by Gasteiger charge is -2.38. The van der Waals surface area contributed by atoms with Gasteiger partial charge in [-0.25, -0.2) is 4.39 Å². The van der Waals surface area contributed by atoms with Crippen molar-refractivity contribution < 1.29 is 19.0 Å². The molecule has 1 fully saturated rings. The Bertz CT molecular complexity index is 927. The fraction of sp³-hybridized carbons (Fsp3) is 0.308. The van der Waals surface area contributed by atoms with Gasteiger partial charge in [0, 0.05) is 30.5 Å². The molecule has 3 aromatic carbocycles. The van der Waals surface area contributed by atoms with E-state index in [0.717, 1.165) is 11.1 Å². The van der Waals surface area contributed by atoms with Crippen LogP contribution in [0.2, 0.25) is 0 Å². The lowest BCUT2D eigenvalue weighted by Crippen LogP contribution is -2.50.